The van der Waals surface area contributed by atoms with Crippen LogP contribution in [0.3, 0.4) is 0 Å². The summed E-state index contributed by atoms with van der Waals surface area (Å²) in [7, 11) is 1.55. The van der Waals surface area contributed by atoms with Crippen LogP contribution >= 0.6 is 0 Å². The molecular weight excluding hydrogens is 292 g/mol. The van der Waals surface area contributed by atoms with Crippen molar-refractivity contribution in [1.82, 2.24) is 0 Å². The topological polar surface area (TPSA) is 73.6 Å². The molecule has 0 spiro atoms. The quantitative estimate of drug-likeness (QED) is 0.802. The van der Waals surface area contributed by atoms with Gasteiger partial charge in [0.25, 0.3) is 5.91 Å². The van der Waals surface area contributed by atoms with E-state index in [-0.39, 0.29) is 5.91 Å². The summed E-state index contributed by atoms with van der Waals surface area (Å²) < 4.78 is 10.9. The number of hydrogen-bond acceptors (Lipinski definition) is 4. The van der Waals surface area contributed by atoms with Gasteiger partial charge in [0.1, 0.15) is 11.5 Å². The first-order chi connectivity index (χ1) is 11.0. The summed E-state index contributed by atoms with van der Waals surface area (Å²) >= 11 is 0. The van der Waals surface area contributed by atoms with E-state index >= 15 is 0 Å². The number of para-hydroxylation sites is 1. The zero-order chi connectivity index (χ0) is 16.8. The molecule has 1 amide bonds. The first kappa shape index (κ1) is 16.7. The van der Waals surface area contributed by atoms with Crippen LogP contribution in [0, 0.1) is 6.92 Å². The molecule has 5 heteroatoms. The number of hydrogen-bond donors (Lipinski definition) is 2. The second-order valence-electron chi connectivity index (χ2n) is 5.23. The molecule has 0 saturated heterocycles. The van der Waals surface area contributed by atoms with E-state index < -0.39 is 6.10 Å². The largest absolute Gasteiger partial charge is 0.495 e. The standard InChI is InChI=1S/C18H22N2O3/c1-4-15(23-16-8-6-5-7-12(16)2)18(21)20-13-9-10-17(22-3)14(19)11-13/h5-11,15H,4,19H2,1-3H3,(H,20,21). The van der Waals surface area contributed by atoms with Crippen LogP contribution in [0.15, 0.2) is 42.5 Å². The molecule has 122 valence electrons. The lowest BCUT2D eigenvalue weighted by Gasteiger charge is -2.19. The minimum Gasteiger partial charge on any atom is -0.495 e. The number of nitrogens with two attached hydrogens (primary N) is 1. The van der Waals surface area contributed by atoms with Crippen molar-refractivity contribution in [2.24, 2.45) is 0 Å². The summed E-state index contributed by atoms with van der Waals surface area (Å²) in [4.78, 5) is 12.4. The van der Waals surface area contributed by atoms with Crippen LogP contribution in [0.5, 0.6) is 11.5 Å². The fourth-order valence-corrected chi connectivity index (χ4v) is 2.20. The number of carbonyl (C=O) groups excluding carboxylic acids is 1. The molecule has 0 bridgehead atoms. The van der Waals surface area contributed by atoms with E-state index in [0.29, 0.717) is 29.3 Å². The summed E-state index contributed by atoms with van der Waals surface area (Å²) in [5, 5.41) is 2.83. The van der Waals surface area contributed by atoms with Gasteiger partial charge in [-0.25, -0.2) is 0 Å². The highest BCUT2D eigenvalue weighted by Gasteiger charge is 2.19. The second-order valence-corrected chi connectivity index (χ2v) is 5.23. The fourth-order valence-electron chi connectivity index (χ4n) is 2.20. The molecule has 1 unspecified atom stereocenters. The van der Waals surface area contributed by atoms with E-state index in [1.165, 1.54) is 0 Å². The SMILES string of the molecule is CCC(Oc1ccccc1C)C(=O)Nc1ccc(OC)c(N)c1. The van der Waals surface area contributed by atoms with Crippen LogP contribution in [0.25, 0.3) is 0 Å². The van der Waals surface area contributed by atoms with Crippen LogP contribution in [0.4, 0.5) is 11.4 Å². The molecule has 2 aromatic rings. The Bertz CT molecular complexity index is 686. The van der Waals surface area contributed by atoms with Crippen LogP contribution in [-0.4, -0.2) is 19.1 Å². The highest BCUT2D eigenvalue weighted by atomic mass is 16.5. The van der Waals surface area contributed by atoms with Gasteiger partial charge in [-0.05, 0) is 43.2 Å². The molecule has 0 aliphatic heterocycles. The van der Waals surface area contributed by atoms with Gasteiger partial charge in [0.05, 0.1) is 12.8 Å². The Hall–Kier alpha value is -2.69. The Morgan fingerprint density at radius 1 is 1.22 bits per heavy atom. The first-order valence-electron chi connectivity index (χ1n) is 7.51. The average molecular weight is 314 g/mol. The van der Waals surface area contributed by atoms with Gasteiger partial charge >= 0.3 is 0 Å². The normalized spacial score (nSPS) is 11.6. The summed E-state index contributed by atoms with van der Waals surface area (Å²) in [6, 6.07) is 12.8. The van der Waals surface area contributed by atoms with Gasteiger partial charge in [-0.3, -0.25) is 4.79 Å². The summed E-state index contributed by atoms with van der Waals surface area (Å²) in [6.45, 7) is 3.86. The van der Waals surface area contributed by atoms with Crippen molar-refractivity contribution in [3.05, 3.63) is 48.0 Å². The van der Waals surface area contributed by atoms with Crippen LogP contribution in [0.1, 0.15) is 18.9 Å². The third-order valence-electron chi connectivity index (χ3n) is 3.52. The molecule has 2 rings (SSSR count). The van der Waals surface area contributed by atoms with Crippen molar-refractivity contribution in [3.63, 3.8) is 0 Å². The molecule has 5 nitrogen and oxygen atoms in total. The summed E-state index contributed by atoms with van der Waals surface area (Å²) in [5.74, 6) is 1.08. The highest BCUT2D eigenvalue weighted by molar-refractivity contribution is 5.95. The maximum absolute atomic E-state index is 12.4. The van der Waals surface area contributed by atoms with Crippen molar-refractivity contribution >= 4 is 17.3 Å². The highest BCUT2D eigenvalue weighted by Crippen LogP contribution is 2.25. The van der Waals surface area contributed by atoms with Gasteiger partial charge in [-0.2, -0.15) is 0 Å². The van der Waals surface area contributed by atoms with Gasteiger partial charge in [-0.1, -0.05) is 25.1 Å². The van der Waals surface area contributed by atoms with Crippen LogP contribution in [-0.2, 0) is 4.79 Å². The Morgan fingerprint density at radius 3 is 2.57 bits per heavy atom. The molecule has 0 aliphatic carbocycles. The summed E-state index contributed by atoms with van der Waals surface area (Å²) in [5.41, 5.74) is 7.93. The van der Waals surface area contributed by atoms with E-state index in [1.54, 1.807) is 25.3 Å². The number of nitrogen functional groups attached to an aromatic ring is 1. The number of rotatable bonds is 6. The molecule has 0 saturated carbocycles. The molecular formula is C18H22N2O3. The molecule has 0 heterocycles. The number of carbonyl (C=O) groups is 1. The average Bonchev–Trinajstić information content (AvgIpc) is 2.54. The van der Waals surface area contributed by atoms with Crippen molar-refractivity contribution in [3.8, 4) is 11.5 Å². The van der Waals surface area contributed by atoms with Crippen LogP contribution in [0.2, 0.25) is 0 Å². The third kappa shape index (κ3) is 4.16. The first-order valence-corrected chi connectivity index (χ1v) is 7.51. The van der Waals surface area contributed by atoms with Gasteiger partial charge in [0, 0.05) is 5.69 Å². The van der Waals surface area contributed by atoms with Crippen molar-refractivity contribution in [2.75, 3.05) is 18.2 Å². The van der Waals surface area contributed by atoms with E-state index in [0.717, 1.165) is 5.56 Å². The Morgan fingerprint density at radius 2 is 1.96 bits per heavy atom. The van der Waals surface area contributed by atoms with Crippen molar-refractivity contribution in [2.45, 2.75) is 26.4 Å². The fraction of sp³-hybridized carbons (Fsp3) is 0.278. The zero-order valence-corrected chi connectivity index (χ0v) is 13.6. The number of anilines is 2. The zero-order valence-electron chi connectivity index (χ0n) is 13.6. The van der Waals surface area contributed by atoms with E-state index in [9.17, 15) is 4.79 Å². The maximum atomic E-state index is 12.4. The number of ether oxygens (including phenoxy) is 2. The van der Waals surface area contributed by atoms with Gasteiger partial charge < -0.3 is 20.5 Å². The molecule has 3 N–H and O–H groups in total. The van der Waals surface area contributed by atoms with E-state index in [2.05, 4.69) is 5.32 Å². The predicted octanol–water partition coefficient (Wildman–Crippen LogP) is 3.38. The number of amides is 1. The number of benzene rings is 2. The lowest BCUT2D eigenvalue weighted by Crippen LogP contribution is -2.32. The molecule has 0 radical (unpaired) electrons. The molecule has 0 fully saturated rings. The molecule has 1 atom stereocenters. The third-order valence-corrected chi connectivity index (χ3v) is 3.52. The van der Waals surface area contributed by atoms with Gasteiger partial charge in [0.2, 0.25) is 0 Å². The van der Waals surface area contributed by atoms with Gasteiger partial charge in [-0.15, -0.1) is 0 Å². The molecule has 2 aromatic carbocycles. The Balaban J connectivity index is 2.08. The lowest BCUT2D eigenvalue weighted by molar-refractivity contribution is -0.122. The number of nitrogens with one attached hydrogen (secondary N) is 1. The van der Waals surface area contributed by atoms with Gasteiger partial charge in [0.15, 0.2) is 6.10 Å². The van der Waals surface area contributed by atoms with E-state index in [1.807, 2.05) is 38.1 Å². The molecule has 23 heavy (non-hydrogen) atoms. The number of methoxy groups -OCH3 is 1. The minimum atomic E-state index is -0.570. The predicted molar refractivity (Wildman–Crippen MR) is 91.9 cm³/mol. The monoisotopic (exact) mass is 314 g/mol. The van der Waals surface area contributed by atoms with Crippen LogP contribution < -0.4 is 20.5 Å². The maximum Gasteiger partial charge on any atom is 0.265 e. The van der Waals surface area contributed by atoms with Crippen molar-refractivity contribution < 1.29 is 14.3 Å². The minimum absolute atomic E-state index is 0.208. The van der Waals surface area contributed by atoms with E-state index in [4.69, 9.17) is 15.2 Å². The molecule has 0 aliphatic rings. The summed E-state index contributed by atoms with van der Waals surface area (Å²) in [6.07, 6.45) is -0.00866. The second kappa shape index (κ2) is 7.54. The lowest BCUT2D eigenvalue weighted by atomic mass is 10.2. The Kier molecular flexibility index (Phi) is 5.46. The molecule has 0 aromatic heterocycles. The van der Waals surface area contributed by atoms with Crippen molar-refractivity contribution in [1.29, 1.82) is 0 Å². The smallest absolute Gasteiger partial charge is 0.265 e. The Labute approximate surface area is 136 Å². The number of aryl methyl sites for hydroxylation is 1.